The Morgan fingerprint density at radius 1 is 1.40 bits per heavy atom. The molecule has 1 rings (SSSR count). The van der Waals surface area contributed by atoms with Crippen LogP contribution in [0.25, 0.3) is 0 Å². The van der Waals surface area contributed by atoms with E-state index in [2.05, 4.69) is 10.2 Å². The third-order valence-corrected chi connectivity index (χ3v) is 1.56. The summed E-state index contributed by atoms with van der Waals surface area (Å²) in [6.45, 7) is 1.67. The van der Waals surface area contributed by atoms with E-state index in [1.165, 1.54) is 12.3 Å². The second kappa shape index (κ2) is 5.98. The number of hydrogen-bond acceptors (Lipinski definition) is 2. The van der Waals surface area contributed by atoms with Gasteiger partial charge in [-0.3, -0.25) is 0 Å². The highest BCUT2D eigenvalue weighted by Crippen LogP contribution is 2.07. The van der Waals surface area contributed by atoms with Crippen LogP contribution in [0.4, 0.5) is 4.39 Å². The second-order valence-electron chi connectivity index (χ2n) is 2.78. The Labute approximate surface area is 93.3 Å². The molecule has 4 nitrogen and oxygen atoms in total. The average Bonchev–Trinajstić information content (AvgIpc) is 2.10. The Morgan fingerprint density at radius 2 is 2.07 bits per heavy atom. The minimum Gasteiger partial charge on any atom is -0.369 e. The van der Waals surface area contributed by atoms with E-state index in [1.54, 1.807) is 19.1 Å². The van der Waals surface area contributed by atoms with Crippen LogP contribution < -0.4 is 11.5 Å². The van der Waals surface area contributed by atoms with Crippen molar-refractivity contribution in [2.45, 2.75) is 6.92 Å². The molecule has 0 aliphatic rings. The molecule has 0 heterocycles. The van der Waals surface area contributed by atoms with Crippen molar-refractivity contribution >= 4 is 24.6 Å². The van der Waals surface area contributed by atoms with Crippen LogP contribution in [-0.4, -0.2) is 12.2 Å². The Hall–Kier alpha value is -1.62. The van der Waals surface area contributed by atoms with Gasteiger partial charge in [-0.05, 0) is 30.2 Å². The highest BCUT2D eigenvalue weighted by molar-refractivity contribution is 5.85. The van der Waals surface area contributed by atoms with Crippen LogP contribution in [-0.2, 0) is 0 Å². The predicted molar refractivity (Wildman–Crippen MR) is 61.8 cm³/mol. The van der Waals surface area contributed by atoms with Crippen molar-refractivity contribution < 1.29 is 4.39 Å². The van der Waals surface area contributed by atoms with Gasteiger partial charge in [-0.15, -0.1) is 17.5 Å². The van der Waals surface area contributed by atoms with Crippen LogP contribution in [0, 0.1) is 12.7 Å². The molecule has 0 aromatic heterocycles. The minimum atomic E-state index is -0.246. The van der Waals surface area contributed by atoms with Crippen LogP contribution >= 0.6 is 12.4 Å². The van der Waals surface area contributed by atoms with Crippen molar-refractivity contribution in [2.75, 3.05) is 0 Å². The average molecular weight is 231 g/mol. The van der Waals surface area contributed by atoms with Crippen LogP contribution in [0.1, 0.15) is 11.1 Å². The number of nitrogens with two attached hydrogens (primary N) is 2. The van der Waals surface area contributed by atoms with E-state index in [0.29, 0.717) is 5.56 Å². The molecule has 0 saturated carbocycles. The normalized spacial score (nSPS) is 9.73. The lowest BCUT2D eigenvalue weighted by Gasteiger charge is -1.96. The molecule has 0 spiro atoms. The first-order valence-corrected chi connectivity index (χ1v) is 3.97. The molecule has 0 amide bonds. The summed E-state index contributed by atoms with van der Waals surface area (Å²) in [4.78, 5) is 0. The number of rotatable bonds is 2. The van der Waals surface area contributed by atoms with E-state index in [1.807, 2.05) is 0 Å². The van der Waals surface area contributed by atoms with Gasteiger partial charge in [0.15, 0.2) is 0 Å². The standard InChI is InChI=1S/C9H11FN4.ClH/c1-6-4-7(2-3-8(6)10)5-13-14-9(11)12;/h2-5H,1H3,(H4,11,12,14);1H. The van der Waals surface area contributed by atoms with Gasteiger partial charge < -0.3 is 11.5 Å². The zero-order valence-corrected chi connectivity index (χ0v) is 8.96. The van der Waals surface area contributed by atoms with Crippen molar-refractivity contribution in [1.82, 2.24) is 0 Å². The van der Waals surface area contributed by atoms with Crippen LogP contribution in [0.3, 0.4) is 0 Å². The quantitative estimate of drug-likeness (QED) is 0.455. The maximum Gasteiger partial charge on any atom is 0.211 e. The molecule has 0 unspecified atom stereocenters. The van der Waals surface area contributed by atoms with Gasteiger partial charge in [0.05, 0.1) is 6.21 Å². The minimum absolute atomic E-state index is 0. The van der Waals surface area contributed by atoms with Crippen molar-refractivity contribution in [2.24, 2.45) is 21.7 Å². The number of benzene rings is 1. The summed E-state index contributed by atoms with van der Waals surface area (Å²) in [6, 6.07) is 4.61. The molecule has 1 aromatic carbocycles. The highest BCUT2D eigenvalue weighted by atomic mass is 35.5. The molecule has 4 N–H and O–H groups in total. The van der Waals surface area contributed by atoms with Gasteiger partial charge >= 0.3 is 0 Å². The molecule has 0 bridgehead atoms. The zero-order chi connectivity index (χ0) is 10.6. The first-order valence-electron chi connectivity index (χ1n) is 3.97. The third-order valence-electron chi connectivity index (χ3n) is 1.56. The van der Waals surface area contributed by atoms with E-state index in [-0.39, 0.29) is 24.2 Å². The largest absolute Gasteiger partial charge is 0.369 e. The monoisotopic (exact) mass is 230 g/mol. The number of hydrogen-bond donors (Lipinski definition) is 2. The van der Waals surface area contributed by atoms with Crippen LogP contribution in [0.15, 0.2) is 28.4 Å². The highest BCUT2D eigenvalue weighted by Gasteiger charge is 1.95. The van der Waals surface area contributed by atoms with Crippen molar-refractivity contribution in [3.8, 4) is 0 Å². The third kappa shape index (κ3) is 4.42. The molecule has 15 heavy (non-hydrogen) atoms. The molecule has 0 aliphatic heterocycles. The molecule has 1 aromatic rings. The molecule has 0 fully saturated rings. The summed E-state index contributed by atoms with van der Waals surface area (Å²) in [5.41, 5.74) is 11.4. The summed E-state index contributed by atoms with van der Waals surface area (Å²) in [7, 11) is 0. The maximum atomic E-state index is 12.8. The van der Waals surface area contributed by atoms with Crippen LogP contribution in [0.2, 0.25) is 0 Å². The Morgan fingerprint density at radius 3 is 2.60 bits per heavy atom. The summed E-state index contributed by atoms with van der Waals surface area (Å²) in [6.07, 6.45) is 1.45. The lowest BCUT2D eigenvalue weighted by atomic mass is 10.1. The maximum absolute atomic E-state index is 12.8. The second-order valence-corrected chi connectivity index (χ2v) is 2.78. The number of guanidine groups is 1. The molecular formula is C9H12ClFN4. The topological polar surface area (TPSA) is 76.8 Å². The molecule has 6 heteroatoms. The van der Waals surface area contributed by atoms with E-state index in [4.69, 9.17) is 11.5 Å². The SMILES string of the molecule is Cc1cc(C=NN=C(N)N)ccc1F.Cl. The van der Waals surface area contributed by atoms with E-state index < -0.39 is 0 Å². The molecule has 0 atom stereocenters. The molecule has 0 aliphatic carbocycles. The van der Waals surface area contributed by atoms with Crippen molar-refractivity contribution in [1.29, 1.82) is 0 Å². The fourth-order valence-electron chi connectivity index (χ4n) is 0.910. The molecular weight excluding hydrogens is 219 g/mol. The molecule has 0 radical (unpaired) electrons. The summed E-state index contributed by atoms with van der Waals surface area (Å²) >= 11 is 0. The fraction of sp³-hybridized carbons (Fsp3) is 0.111. The van der Waals surface area contributed by atoms with E-state index in [0.717, 1.165) is 5.56 Å². The van der Waals surface area contributed by atoms with Gasteiger partial charge in [0.1, 0.15) is 5.82 Å². The molecule has 82 valence electrons. The Kier molecular flexibility index (Phi) is 5.33. The van der Waals surface area contributed by atoms with Gasteiger partial charge in [-0.25, -0.2) is 4.39 Å². The lowest BCUT2D eigenvalue weighted by molar-refractivity contribution is 0.618. The van der Waals surface area contributed by atoms with Crippen LogP contribution in [0.5, 0.6) is 0 Å². The first kappa shape index (κ1) is 13.4. The number of aryl methyl sites for hydroxylation is 1. The summed E-state index contributed by atoms with van der Waals surface area (Å²) in [5.74, 6) is -0.357. The smallest absolute Gasteiger partial charge is 0.211 e. The summed E-state index contributed by atoms with van der Waals surface area (Å²) < 4.78 is 12.8. The van der Waals surface area contributed by atoms with Crippen molar-refractivity contribution in [3.05, 3.63) is 35.1 Å². The first-order chi connectivity index (χ1) is 6.59. The zero-order valence-electron chi connectivity index (χ0n) is 8.14. The Bertz CT molecular complexity index is 386. The molecule has 0 saturated heterocycles. The van der Waals surface area contributed by atoms with Crippen molar-refractivity contribution in [3.63, 3.8) is 0 Å². The predicted octanol–water partition coefficient (Wildman–Crippen LogP) is 1.16. The van der Waals surface area contributed by atoms with Gasteiger partial charge in [0.2, 0.25) is 5.96 Å². The van der Waals surface area contributed by atoms with Gasteiger partial charge in [0.25, 0.3) is 0 Å². The lowest BCUT2D eigenvalue weighted by Crippen LogP contribution is -2.21. The number of halogens is 2. The fourth-order valence-corrected chi connectivity index (χ4v) is 0.910. The van der Waals surface area contributed by atoms with E-state index >= 15 is 0 Å². The van der Waals surface area contributed by atoms with Gasteiger partial charge in [-0.2, -0.15) is 5.10 Å². The van der Waals surface area contributed by atoms with Gasteiger partial charge in [-0.1, -0.05) is 6.07 Å². The Balaban J connectivity index is 0.00000196. The van der Waals surface area contributed by atoms with Gasteiger partial charge in [0, 0.05) is 0 Å². The van der Waals surface area contributed by atoms with E-state index in [9.17, 15) is 4.39 Å². The summed E-state index contributed by atoms with van der Waals surface area (Å²) in [5, 5.41) is 7.02. The number of nitrogens with zero attached hydrogens (tertiary/aromatic N) is 2.